The Kier molecular flexibility index (Phi) is 2.89. The molecule has 1 aromatic heterocycles. The van der Waals surface area contributed by atoms with Crippen molar-refractivity contribution in [2.45, 2.75) is 25.7 Å². The van der Waals surface area contributed by atoms with Gasteiger partial charge in [-0.2, -0.15) is 0 Å². The van der Waals surface area contributed by atoms with E-state index in [0.29, 0.717) is 5.41 Å². The van der Waals surface area contributed by atoms with Crippen LogP contribution in [0.1, 0.15) is 24.1 Å². The highest BCUT2D eigenvalue weighted by Crippen LogP contribution is 2.61. The largest absolute Gasteiger partial charge is 0.319 e. The van der Waals surface area contributed by atoms with Crippen molar-refractivity contribution in [1.29, 1.82) is 0 Å². The van der Waals surface area contributed by atoms with Crippen molar-refractivity contribution in [3.8, 4) is 0 Å². The van der Waals surface area contributed by atoms with Crippen LogP contribution in [0.2, 0.25) is 0 Å². The summed E-state index contributed by atoms with van der Waals surface area (Å²) in [6.07, 6.45) is 5.67. The lowest BCUT2D eigenvalue weighted by Crippen LogP contribution is -2.33. The van der Waals surface area contributed by atoms with Crippen molar-refractivity contribution in [1.82, 2.24) is 5.32 Å². The molecule has 3 rings (SSSR count). The van der Waals surface area contributed by atoms with Gasteiger partial charge in [-0.1, -0.05) is 0 Å². The van der Waals surface area contributed by atoms with Gasteiger partial charge in [0, 0.05) is 15.9 Å². The van der Waals surface area contributed by atoms with E-state index in [9.17, 15) is 0 Å². The fourth-order valence-corrected chi connectivity index (χ4v) is 5.19. The van der Waals surface area contributed by atoms with Crippen LogP contribution in [0, 0.1) is 17.3 Å². The first-order valence-electron chi connectivity index (χ1n) is 6.09. The normalized spacial score (nSPS) is 36.4. The van der Waals surface area contributed by atoms with Crippen LogP contribution in [0.4, 0.5) is 0 Å². The van der Waals surface area contributed by atoms with Crippen molar-refractivity contribution in [2.75, 3.05) is 13.6 Å². The highest BCUT2D eigenvalue weighted by atomic mass is 79.9. The van der Waals surface area contributed by atoms with E-state index in [1.54, 1.807) is 0 Å². The van der Waals surface area contributed by atoms with Crippen LogP contribution < -0.4 is 5.32 Å². The second kappa shape index (κ2) is 4.11. The van der Waals surface area contributed by atoms with Crippen molar-refractivity contribution < 1.29 is 0 Å². The summed E-state index contributed by atoms with van der Waals surface area (Å²) in [5.41, 5.74) is 0.551. The third-order valence-corrected chi connectivity index (χ3v) is 6.16. The van der Waals surface area contributed by atoms with Crippen molar-refractivity contribution >= 4 is 27.3 Å². The van der Waals surface area contributed by atoms with Crippen LogP contribution in [0.25, 0.3) is 0 Å². The Bertz CT molecular complexity index is 377. The molecule has 1 N–H and O–H groups in total. The molecule has 0 saturated heterocycles. The number of hydrogen-bond acceptors (Lipinski definition) is 2. The average Bonchev–Trinajstić information content (AvgIpc) is 2.67. The Balaban J connectivity index is 1.77. The zero-order valence-electron chi connectivity index (χ0n) is 9.63. The maximum absolute atomic E-state index is 3.67. The van der Waals surface area contributed by atoms with Crippen LogP contribution in [0.3, 0.4) is 0 Å². The molecular weight excluding hydrogens is 282 g/mol. The molecule has 2 aliphatic rings. The fourth-order valence-electron chi connectivity index (χ4n) is 3.52. The summed E-state index contributed by atoms with van der Waals surface area (Å²) in [5, 5.41) is 5.61. The van der Waals surface area contributed by atoms with E-state index in [1.807, 2.05) is 11.3 Å². The summed E-state index contributed by atoms with van der Waals surface area (Å²) in [4.78, 5) is 1.54. The molecule has 3 heteroatoms. The predicted octanol–water partition coefficient (Wildman–Crippen LogP) is 3.69. The second-order valence-electron chi connectivity index (χ2n) is 5.56. The molecule has 0 amide bonds. The lowest BCUT2D eigenvalue weighted by Gasteiger charge is -2.30. The van der Waals surface area contributed by atoms with Gasteiger partial charge < -0.3 is 5.32 Å². The van der Waals surface area contributed by atoms with E-state index in [2.05, 4.69) is 39.7 Å². The summed E-state index contributed by atoms with van der Waals surface area (Å²) in [7, 11) is 2.09. The van der Waals surface area contributed by atoms with E-state index >= 15 is 0 Å². The number of fused-ring (bicyclic) bond motifs is 1. The Labute approximate surface area is 110 Å². The maximum atomic E-state index is 3.67. The van der Waals surface area contributed by atoms with E-state index in [-0.39, 0.29) is 0 Å². The highest BCUT2D eigenvalue weighted by molar-refractivity contribution is 9.10. The van der Waals surface area contributed by atoms with Crippen LogP contribution in [-0.2, 0) is 6.42 Å². The minimum atomic E-state index is 0.551. The SMILES string of the molecule is CNCC1(Cc2sccc2Br)CC2CC2C1. The van der Waals surface area contributed by atoms with Crippen molar-refractivity contribution in [3.05, 3.63) is 20.8 Å². The first kappa shape index (κ1) is 11.2. The number of nitrogens with one attached hydrogen (secondary N) is 1. The third kappa shape index (κ3) is 1.98. The Morgan fingerprint density at radius 1 is 1.50 bits per heavy atom. The molecule has 0 radical (unpaired) electrons. The number of rotatable bonds is 4. The lowest BCUT2D eigenvalue weighted by molar-refractivity contribution is 0.256. The molecule has 1 nitrogen and oxygen atoms in total. The molecule has 2 unspecified atom stereocenters. The molecule has 0 spiro atoms. The number of halogens is 1. The molecule has 16 heavy (non-hydrogen) atoms. The van der Waals surface area contributed by atoms with Crippen LogP contribution in [-0.4, -0.2) is 13.6 Å². The van der Waals surface area contributed by atoms with Crippen molar-refractivity contribution in [2.24, 2.45) is 17.3 Å². The summed E-state index contributed by atoms with van der Waals surface area (Å²) in [6, 6.07) is 2.18. The highest BCUT2D eigenvalue weighted by Gasteiger charge is 2.53. The minimum absolute atomic E-state index is 0.551. The predicted molar refractivity (Wildman–Crippen MR) is 72.9 cm³/mol. The summed E-state index contributed by atoms with van der Waals surface area (Å²) < 4.78 is 1.31. The first-order valence-corrected chi connectivity index (χ1v) is 7.76. The standard InChI is InChI=1S/C13H18BrNS/c1-15-8-13(5-9-4-10(9)6-13)7-12-11(14)2-3-16-12/h2-3,9-10,15H,4-8H2,1H3. The summed E-state index contributed by atoms with van der Waals surface area (Å²) >= 11 is 5.57. The zero-order chi connectivity index (χ0) is 11.2. The van der Waals surface area contributed by atoms with E-state index in [4.69, 9.17) is 0 Å². The van der Waals surface area contributed by atoms with Gasteiger partial charge >= 0.3 is 0 Å². The monoisotopic (exact) mass is 299 g/mol. The quantitative estimate of drug-likeness (QED) is 0.894. The van der Waals surface area contributed by atoms with Gasteiger partial charge in [-0.15, -0.1) is 11.3 Å². The van der Waals surface area contributed by atoms with Gasteiger partial charge in [0.15, 0.2) is 0 Å². The van der Waals surface area contributed by atoms with E-state index < -0.39 is 0 Å². The first-order chi connectivity index (χ1) is 7.72. The second-order valence-corrected chi connectivity index (χ2v) is 7.42. The number of hydrogen-bond donors (Lipinski definition) is 1. The minimum Gasteiger partial charge on any atom is -0.319 e. The van der Waals surface area contributed by atoms with E-state index in [0.717, 1.165) is 11.8 Å². The summed E-state index contributed by atoms with van der Waals surface area (Å²) in [6.45, 7) is 1.18. The zero-order valence-corrected chi connectivity index (χ0v) is 12.0. The van der Waals surface area contributed by atoms with Gasteiger partial charge in [0.25, 0.3) is 0 Å². The Morgan fingerprint density at radius 2 is 2.25 bits per heavy atom. The van der Waals surface area contributed by atoms with Crippen LogP contribution >= 0.6 is 27.3 Å². The molecule has 2 saturated carbocycles. The van der Waals surface area contributed by atoms with Gasteiger partial charge in [0.2, 0.25) is 0 Å². The summed E-state index contributed by atoms with van der Waals surface area (Å²) in [5.74, 6) is 2.12. The molecule has 0 aliphatic heterocycles. The molecular formula is C13H18BrNS. The van der Waals surface area contributed by atoms with Crippen LogP contribution in [0.15, 0.2) is 15.9 Å². The van der Waals surface area contributed by atoms with Crippen molar-refractivity contribution in [3.63, 3.8) is 0 Å². The van der Waals surface area contributed by atoms with Gasteiger partial charge in [-0.05, 0) is 77.4 Å². The van der Waals surface area contributed by atoms with Gasteiger partial charge in [0.1, 0.15) is 0 Å². The molecule has 2 atom stereocenters. The molecule has 2 aliphatic carbocycles. The maximum Gasteiger partial charge on any atom is 0.0314 e. The molecule has 0 aromatic carbocycles. The average molecular weight is 300 g/mol. The Morgan fingerprint density at radius 3 is 2.81 bits per heavy atom. The molecule has 88 valence electrons. The topological polar surface area (TPSA) is 12.0 Å². The molecule has 2 fully saturated rings. The molecule has 1 aromatic rings. The fraction of sp³-hybridized carbons (Fsp3) is 0.692. The smallest absolute Gasteiger partial charge is 0.0314 e. The molecule has 1 heterocycles. The van der Waals surface area contributed by atoms with Gasteiger partial charge in [-0.25, -0.2) is 0 Å². The van der Waals surface area contributed by atoms with Gasteiger partial charge in [0.05, 0.1) is 0 Å². The number of thiophene rings is 1. The van der Waals surface area contributed by atoms with E-state index in [1.165, 1.54) is 41.6 Å². The van der Waals surface area contributed by atoms with Gasteiger partial charge in [-0.3, -0.25) is 0 Å². The lowest BCUT2D eigenvalue weighted by atomic mass is 9.79. The molecule has 0 bridgehead atoms. The van der Waals surface area contributed by atoms with Crippen LogP contribution in [0.5, 0.6) is 0 Å². The Hall–Kier alpha value is 0.140. The third-order valence-electron chi connectivity index (χ3n) is 4.24.